The Morgan fingerprint density at radius 2 is 2.27 bits per heavy atom. The van der Waals surface area contributed by atoms with Gasteiger partial charge in [-0.25, -0.2) is 4.98 Å². The van der Waals surface area contributed by atoms with E-state index in [0.29, 0.717) is 4.64 Å². The maximum Gasteiger partial charge on any atom is 0.137 e. The second-order valence-corrected chi connectivity index (χ2v) is 3.93. The zero-order valence-electron chi connectivity index (χ0n) is 9.54. The Bertz CT molecular complexity index is 358. The topological polar surface area (TPSA) is 37.9 Å². The molecule has 0 radical (unpaired) electrons. The highest BCUT2D eigenvalue weighted by Gasteiger charge is 2.10. The molecule has 15 heavy (non-hydrogen) atoms. The number of methoxy groups -OCH3 is 1. The summed E-state index contributed by atoms with van der Waals surface area (Å²) in [6, 6.07) is 1.92. The number of aromatic amines is 1. The molecule has 0 saturated carbocycles. The van der Waals surface area contributed by atoms with E-state index < -0.39 is 0 Å². The van der Waals surface area contributed by atoms with E-state index in [1.165, 1.54) is 0 Å². The van der Waals surface area contributed by atoms with E-state index in [1.807, 2.05) is 6.07 Å². The summed E-state index contributed by atoms with van der Waals surface area (Å²) in [6.45, 7) is 4.21. The molecular weight excluding hydrogens is 208 g/mol. The van der Waals surface area contributed by atoms with Crippen LogP contribution in [-0.2, 0) is 11.2 Å². The molecule has 0 spiro atoms. The Labute approximate surface area is 95.9 Å². The molecular formula is C11H18N2OS. The van der Waals surface area contributed by atoms with Crippen molar-refractivity contribution < 1.29 is 4.74 Å². The summed E-state index contributed by atoms with van der Waals surface area (Å²) in [5.74, 6) is 0.843. The van der Waals surface area contributed by atoms with E-state index in [2.05, 4.69) is 23.8 Å². The van der Waals surface area contributed by atoms with Crippen LogP contribution < -0.4 is 0 Å². The lowest BCUT2D eigenvalue weighted by atomic mass is 10.2. The number of H-pyrrole nitrogens is 1. The predicted octanol–water partition coefficient (Wildman–Crippen LogP) is 3.19. The molecule has 1 rings (SSSR count). The highest BCUT2D eigenvalue weighted by Crippen LogP contribution is 2.16. The number of aromatic nitrogens is 2. The molecule has 3 nitrogen and oxygen atoms in total. The van der Waals surface area contributed by atoms with Gasteiger partial charge >= 0.3 is 0 Å². The maximum atomic E-state index is 5.33. The molecule has 1 N–H and O–H groups in total. The second kappa shape index (κ2) is 5.98. The highest BCUT2D eigenvalue weighted by molar-refractivity contribution is 7.71. The molecule has 1 aromatic rings. The van der Waals surface area contributed by atoms with Crippen LogP contribution >= 0.6 is 12.2 Å². The van der Waals surface area contributed by atoms with Gasteiger partial charge in [0.05, 0.1) is 0 Å². The van der Waals surface area contributed by atoms with Crippen LogP contribution in [0.25, 0.3) is 0 Å². The van der Waals surface area contributed by atoms with Crippen molar-refractivity contribution in [3.63, 3.8) is 0 Å². The number of nitrogens with zero attached hydrogens (tertiary/aromatic N) is 1. The van der Waals surface area contributed by atoms with Gasteiger partial charge in [0.15, 0.2) is 0 Å². The molecule has 0 aliphatic heterocycles. The number of ether oxygens (including phenoxy) is 1. The summed E-state index contributed by atoms with van der Waals surface area (Å²) in [5.41, 5.74) is 1.14. The van der Waals surface area contributed by atoms with Gasteiger partial charge < -0.3 is 9.72 Å². The lowest BCUT2D eigenvalue weighted by Gasteiger charge is -2.13. The van der Waals surface area contributed by atoms with Gasteiger partial charge in [-0.15, -0.1) is 0 Å². The van der Waals surface area contributed by atoms with Crippen molar-refractivity contribution in [1.82, 2.24) is 9.97 Å². The van der Waals surface area contributed by atoms with Crippen molar-refractivity contribution in [3.05, 3.63) is 22.2 Å². The molecule has 0 aliphatic rings. The number of aryl methyl sites for hydroxylation is 1. The van der Waals surface area contributed by atoms with E-state index in [0.717, 1.165) is 30.8 Å². The fourth-order valence-corrected chi connectivity index (χ4v) is 1.80. The Kier molecular flexibility index (Phi) is 4.91. The lowest BCUT2D eigenvalue weighted by molar-refractivity contribution is 0.0923. The van der Waals surface area contributed by atoms with E-state index in [-0.39, 0.29) is 6.10 Å². The molecule has 0 amide bonds. The minimum Gasteiger partial charge on any atom is -0.374 e. The Morgan fingerprint density at radius 3 is 2.80 bits per heavy atom. The van der Waals surface area contributed by atoms with Crippen molar-refractivity contribution in [2.75, 3.05) is 7.11 Å². The number of rotatable bonds is 5. The quantitative estimate of drug-likeness (QED) is 0.783. The molecule has 0 bridgehead atoms. The summed E-state index contributed by atoms with van der Waals surface area (Å²) in [6.07, 6.45) is 3.01. The normalized spacial score (nSPS) is 12.7. The van der Waals surface area contributed by atoms with Crippen LogP contribution in [0.2, 0.25) is 0 Å². The molecule has 0 fully saturated rings. The minimum atomic E-state index is 0.0171. The van der Waals surface area contributed by atoms with Gasteiger partial charge in [-0.1, -0.05) is 32.5 Å². The molecule has 1 unspecified atom stereocenters. The first-order valence-corrected chi connectivity index (χ1v) is 5.75. The van der Waals surface area contributed by atoms with Crippen LogP contribution in [0, 0.1) is 4.64 Å². The molecule has 1 aromatic heterocycles. The maximum absolute atomic E-state index is 5.33. The van der Waals surface area contributed by atoms with E-state index in [1.54, 1.807) is 7.11 Å². The van der Waals surface area contributed by atoms with Gasteiger partial charge in [0, 0.05) is 12.8 Å². The monoisotopic (exact) mass is 226 g/mol. The zero-order valence-corrected chi connectivity index (χ0v) is 10.4. The van der Waals surface area contributed by atoms with Crippen molar-refractivity contribution in [2.45, 2.75) is 39.2 Å². The van der Waals surface area contributed by atoms with E-state index in [4.69, 9.17) is 17.0 Å². The molecule has 84 valence electrons. The smallest absolute Gasteiger partial charge is 0.137 e. The van der Waals surface area contributed by atoms with Crippen LogP contribution in [0.15, 0.2) is 6.07 Å². The predicted molar refractivity (Wildman–Crippen MR) is 63.5 cm³/mol. The minimum absolute atomic E-state index is 0.0171. The van der Waals surface area contributed by atoms with Gasteiger partial charge in [0.25, 0.3) is 0 Å². The average Bonchev–Trinajstić information content (AvgIpc) is 2.19. The molecule has 1 heterocycles. The first kappa shape index (κ1) is 12.3. The van der Waals surface area contributed by atoms with Crippen LogP contribution in [0.3, 0.4) is 0 Å². The van der Waals surface area contributed by atoms with Gasteiger partial charge in [0.2, 0.25) is 0 Å². The highest BCUT2D eigenvalue weighted by atomic mass is 32.1. The standard InChI is InChI=1S/C11H18N2OS/c1-4-6-8-7-10(15)13-11(12-8)9(5-2)14-3/h7,9H,4-6H2,1-3H3,(H,12,13,15). The second-order valence-electron chi connectivity index (χ2n) is 3.51. The van der Waals surface area contributed by atoms with Crippen molar-refractivity contribution in [3.8, 4) is 0 Å². The third kappa shape index (κ3) is 3.39. The summed E-state index contributed by atoms with van der Waals surface area (Å²) in [5, 5.41) is 0. The first-order chi connectivity index (χ1) is 7.21. The SMILES string of the molecule is CCCc1cc(=S)nc(C(CC)OC)[nH]1. The Hall–Kier alpha value is -0.740. The number of hydrogen-bond donors (Lipinski definition) is 1. The van der Waals surface area contributed by atoms with Crippen LogP contribution in [-0.4, -0.2) is 17.1 Å². The van der Waals surface area contributed by atoms with Gasteiger partial charge in [-0.05, 0) is 18.9 Å². The fourth-order valence-electron chi connectivity index (χ4n) is 1.56. The third-order valence-electron chi connectivity index (χ3n) is 2.30. The van der Waals surface area contributed by atoms with Crippen LogP contribution in [0.4, 0.5) is 0 Å². The summed E-state index contributed by atoms with van der Waals surface area (Å²) in [7, 11) is 1.69. The first-order valence-electron chi connectivity index (χ1n) is 5.34. The number of hydrogen-bond acceptors (Lipinski definition) is 3. The molecule has 0 aliphatic carbocycles. The van der Waals surface area contributed by atoms with Crippen molar-refractivity contribution in [2.24, 2.45) is 0 Å². The zero-order chi connectivity index (χ0) is 11.3. The van der Waals surface area contributed by atoms with Crippen molar-refractivity contribution >= 4 is 12.2 Å². The number of nitrogens with one attached hydrogen (secondary N) is 1. The van der Waals surface area contributed by atoms with E-state index >= 15 is 0 Å². The molecule has 0 saturated heterocycles. The van der Waals surface area contributed by atoms with Gasteiger partial charge in [0.1, 0.15) is 16.6 Å². The summed E-state index contributed by atoms with van der Waals surface area (Å²) < 4.78 is 5.97. The average molecular weight is 226 g/mol. The third-order valence-corrected chi connectivity index (χ3v) is 2.51. The van der Waals surface area contributed by atoms with Gasteiger partial charge in [-0.3, -0.25) is 0 Å². The summed E-state index contributed by atoms with van der Waals surface area (Å²) >= 11 is 5.13. The fraction of sp³-hybridized carbons (Fsp3) is 0.636. The van der Waals surface area contributed by atoms with Crippen LogP contribution in [0.1, 0.15) is 44.3 Å². The van der Waals surface area contributed by atoms with E-state index in [9.17, 15) is 0 Å². The molecule has 4 heteroatoms. The largest absolute Gasteiger partial charge is 0.374 e. The Balaban J connectivity index is 3.02. The lowest BCUT2D eigenvalue weighted by Crippen LogP contribution is -2.07. The van der Waals surface area contributed by atoms with Gasteiger partial charge in [-0.2, -0.15) is 0 Å². The van der Waals surface area contributed by atoms with Crippen LogP contribution in [0.5, 0.6) is 0 Å². The summed E-state index contributed by atoms with van der Waals surface area (Å²) in [4.78, 5) is 7.58. The van der Waals surface area contributed by atoms with Crippen molar-refractivity contribution in [1.29, 1.82) is 0 Å². The Morgan fingerprint density at radius 1 is 1.53 bits per heavy atom. The molecule has 0 aromatic carbocycles. The molecule has 1 atom stereocenters.